The van der Waals surface area contributed by atoms with Crippen LogP contribution in [0.5, 0.6) is 0 Å². The summed E-state index contributed by atoms with van der Waals surface area (Å²) in [6.07, 6.45) is -0.0649. The number of halogens is 3. The highest BCUT2D eigenvalue weighted by molar-refractivity contribution is 5.77. The van der Waals surface area contributed by atoms with Crippen LogP contribution in [0.15, 0.2) is 24.5 Å². The number of hydrogen-bond donors (Lipinski definition) is 2. The second-order valence-electron chi connectivity index (χ2n) is 6.47. The van der Waals surface area contributed by atoms with Crippen LogP contribution in [0.2, 0.25) is 0 Å². The number of aliphatic hydroxyl groups excluding tert-OH is 1. The van der Waals surface area contributed by atoms with Gasteiger partial charge >= 0.3 is 12.1 Å². The Balaban J connectivity index is 0.000000412. The summed E-state index contributed by atoms with van der Waals surface area (Å²) in [6, 6.07) is 3.79. The highest BCUT2D eigenvalue weighted by Gasteiger charge is 2.38. The molecule has 0 radical (unpaired) electrons. The molecule has 1 aliphatic heterocycles. The van der Waals surface area contributed by atoms with Gasteiger partial charge in [0.2, 0.25) is 5.91 Å². The quantitative estimate of drug-likeness (QED) is 0.841. The number of nitrogens with zero attached hydrogens (tertiary/aromatic N) is 2. The number of aromatic nitrogens is 1. The van der Waals surface area contributed by atoms with E-state index in [1.54, 1.807) is 12.4 Å². The Kier molecular flexibility index (Phi) is 8.01. The molecule has 0 aromatic carbocycles. The third-order valence-electron chi connectivity index (χ3n) is 3.85. The van der Waals surface area contributed by atoms with Crippen molar-refractivity contribution in [3.63, 3.8) is 0 Å². The van der Waals surface area contributed by atoms with E-state index in [-0.39, 0.29) is 11.9 Å². The zero-order valence-corrected chi connectivity index (χ0v) is 14.6. The molecule has 2 atom stereocenters. The van der Waals surface area contributed by atoms with Crippen LogP contribution in [0.1, 0.15) is 32.3 Å². The normalized spacial score (nSPS) is 19.9. The van der Waals surface area contributed by atoms with Crippen LogP contribution in [0.25, 0.3) is 0 Å². The fraction of sp³-hybridized carbons (Fsp3) is 0.588. The minimum absolute atomic E-state index is 0.0892. The van der Waals surface area contributed by atoms with Gasteiger partial charge in [0.15, 0.2) is 0 Å². The SMILES string of the molecule is CC(C)CC(=O)N1CC[C@@H](O)[C@@H]1Cc1ccncc1.O=C(O)C(F)(F)F. The number of aliphatic carboxylic acids is 1. The number of likely N-dealkylation sites (tertiary alicyclic amines) is 1. The lowest BCUT2D eigenvalue weighted by Crippen LogP contribution is -2.41. The molecular formula is C17H23F3N2O4. The maximum Gasteiger partial charge on any atom is 0.490 e. The van der Waals surface area contributed by atoms with Crippen LogP contribution in [0, 0.1) is 5.92 Å². The molecule has 146 valence electrons. The molecule has 6 nitrogen and oxygen atoms in total. The molecule has 1 aromatic rings. The largest absolute Gasteiger partial charge is 0.490 e. The van der Waals surface area contributed by atoms with Crippen LogP contribution < -0.4 is 0 Å². The molecule has 1 aliphatic rings. The molecule has 1 fully saturated rings. The summed E-state index contributed by atoms with van der Waals surface area (Å²) < 4.78 is 31.7. The number of carbonyl (C=O) groups excluding carboxylic acids is 1. The highest BCUT2D eigenvalue weighted by Crippen LogP contribution is 2.23. The van der Waals surface area contributed by atoms with Crippen molar-refractivity contribution in [2.24, 2.45) is 5.92 Å². The number of rotatable bonds is 4. The first-order valence-electron chi connectivity index (χ1n) is 8.19. The summed E-state index contributed by atoms with van der Waals surface area (Å²) in [5.41, 5.74) is 1.11. The number of aliphatic hydroxyl groups is 1. The van der Waals surface area contributed by atoms with Gasteiger partial charge < -0.3 is 15.1 Å². The molecular weight excluding hydrogens is 353 g/mol. The summed E-state index contributed by atoms with van der Waals surface area (Å²) in [6.45, 7) is 4.76. The van der Waals surface area contributed by atoms with Crippen LogP contribution in [0.4, 0.5) is 13.2 Å². The predicted octanol–water partition coefficient (Wildman–Crippen LogP) is 2.27. The third-order valence-corrected chi connectivity index (χ3v) is 3.85. The van der Waals surface area contributed by atoms with E-state index in [9.17, 15) is 23.1 Å². The summed E-state index contributed by atoms with van der Waals surface area (Å²) in [7, 11) is 0. The van der Waals surface area contributed by atoms with Gasteiger partial charge in [-0.2, -0.15) is 13.2 Å². The molecule has 26 heavy (non-hydrogen) atoms. The number of alkyl halides is 3. The molecule has 0 saturated carbocycles. The van der Waals surface area contributed by atoms with Crippen LogP contribution in [-0.2, 0) is 16.0 Å². The molecule has 1 aromatic heterocycles. The maximum atomic E-state index is 12.2. The fourth-order valence-electron chi connectivity index (χ4n) is 2.62. The van der Waals surface area contributed by atoms with E-state index in [4.69, 9.17) is 9.90 Å². The van der Waals surface area contributed by atoms with Crippen LogP contribution in [-0.4, -0.2) is 56.8 Å². The molecule has 2 heterocycles. The van der Waals surface area contributed by atoms with Gasteiger partial charge in [-0.25, -0.2) is 4.79 Å². The average Bonchev–Trinajstić information content (AvgIpc) is 2.88. The number of carbonyl (C=O) groups is 2. The van der Waals surface area contributed by atoms with Gasteiger partial charge in [0.1, 0.15) is 0 Å². The average molecular weight is 376 g/mol. The number of pyridine rings is 1. The molecule has 0 spiro atoms. The Bertz CT molecular complexity index is 593. The summed E-state index contributed by atoms with van der Waals surface area (Å²) in [5.74, 6) is -2.25. The molecule has 1 saturated heterocycles. The number of carboxylic acid groups (broad SMARTS) is 1. The van der Waals surface area contributed by atoms with Crippen molar-refractivity contribution in [2.45, 2.75) is 51.4 Å². The lowest BCUT2D eigenvalue weighted by molar-refractivity contribution is -0.192. The highest BCUT2D eigenvalue weighted by atomic mass is 19.4. The van der Waals surface area contributed by atoms with E-state index in [2.05, 4.69) is 4.98 Å². The van der Waals surface area contributed by atoms with E-state index >= 15 is 0 Å². The summed E-state index contributed by atoms with van der Waals surface area (Å²) in [4.78, 5) is 26.9. The van der Waals surface area contributed by atoms with Crippen molar-refractivity contribution < 1.29 is 33.0 Å². The monoisotopic (exact) mass is 376 g/mol. The zero-order valence-electron chi connectivity index (χ0n) is 14.6. The van der Waals surface area contributed by atoms with E-state index in [1.807, 2.05) is 30.9 Å². The predicted molar refractivity (Wildman–Crippen MR) is 87.2 cm³/mol. The van der Waals surface area contributed by atoms with E-state index < -0.39 is 18.2 Å². The topological polar surface area (TPSA) is 90.7 Å². The van der Waals surface area contributed by atoms with Crippen molar-refractivity contribution in [2.75, 3.05) is 6.54 Å². The Hall–Kier alpha value is -2.16. The number of carboxylic acids is 1. The minimum Gasteiger partial charge on any atom is -0.475 e. The lowest BCUT2D eigenvalue weighted by atomic mass is 10.0. The molecule has 2 N–H and O–H groups in total. The molecule has 2 rings (SSSR count). The van der Waals surface area contributed by atoms with Crippen molar-refractivity contribution in [1.29, 1.82) is 0 Å². The van der Waals surface area contributed by atoms with E-state index in [0.717, 1.165) is 5.56 Å². The van der Waals surface area contributed by atoms with Gasteiger partial charge in [0.05, 0.1) is 12.1 Å². The van der Waals surface area contributed by atoms with Crippen molar-refractivity contribution in [1.82, 2.24) is 9.88 Å². The maximum absolute atomic E-state index is 12.2. The Labute approximate surface area is 149 Å². The molecule has 1 amide bonds. The second kappa shape index (κ2) is 9.51. The van der Waals surface area contributed by atoms with Gasteiger partial charge in [-0.1, -0.05) is 13.8 Å². The molecule has 0 aliphatic carbocycles. The van der Waals surface area contributed by atoms with Gasteiger partial charge in [0, 0.05) is 25.4 Å². The van der Waals surface area contributed by atoms with E-state index in [0.29, 0.717) is 31.7 Å². The van der Waals surface area contributed by atoms with E-state index in [1.165, 1.54) is 0 Å². The van der Waals surface area contributed by atoms with Crippen LogP contribution in [0.3, 0.4) is 0 Å². The second-order valence-corrected chi connectivity index (χ2v) is 6.47. The van der Waals surface area contributed by atoms with Gasteiger partial charge in [-0.15, -0.1) is 0 Å². The summed E-state index contributed by atoms with van der Waals surface area (Å²) in [5, 5.41) is 17.2. The standard InChI is InChI=1S/C15H22N2O2.C2HF3O2/c1-11(2)9-15(19)17-8-5-14(18)13(17)10-12-3-6-16-7-4-12;3-2(4,5)1(6)7/h3-4,6-7,11,13-14,18H,5,8-10H2,1-2H3;(H,6,7)/t13-,14+;/m0./s1. The smallest absolute Gasteiger partial charge is 0.475 e. The Morgan fingerprint density at radius 2 is 1.85 bits per heavy atom. The van der Waals surface area contributed by atoms with Crippen LogP contribution >= 0.6 is 0 Å². The molecule has 0 bridgehead atoms. The van der Waals surface area contributed by atoms with Crippen molar-refractivity contribution in [3.8, 4) is 0 Å². The zero-order chi connectivity index (χ0) is 19.9. The van der Waals surface area contributed by atoms with Gasteiger partial charge in [-0.05, 0) is 36.5 Å². The number of hydrogen-bond acceptors (Lipinski definition) is 4. The summed E-state index contributed by atoms with van der Waals surface area (Å²) >= 11 is 0. The first-order valence-corrected chi connectivity index (χ1v) is 8.19. The van der Waals surface area contributed by atoms with Crippen molar-refractivity contribution >= 4 is 11.9 Å². The fourth-order valence-corrected chi connectivity index (χ4v) is 2.62. The Morgan fingerprint density at radius 1 is 1.31 bits per heavy atom. The van der Waals surface area contributed by atoms with Gasteiger partial charge in [-0.3, -0.25) is 9.78 Å². The van der Waals surface area contributed by atoms with Gasteiger partial charge in [0.25, 0.3) is 0 Å². The first kappa shape index (κ1) is 21.9. The first-order chi connectivity index (χ1) is 12.0. The molecule has 0 unspecified atom stereocenters. The third kappa shape index (κ3) is 6.99. The molecule has 9 heteroatoms. The minimum atomic E-state index is -5.08. The lowest BCUT2D eigenvalue weighted by Gasteiger charge is -2.27. The number of amides is 1. The Morgan fingerprint density at radius 3 is 2.31 bits per heavy atom. The van der Waals surface area contributed by atoms with Crippen molar-refractivity contribution in [3.05, 3.63) is 30.1 Å².